The molecule has 1 aromatic heterocycles. The SMILES string of the molecule is N#Cc1ccnnc1Oc1ccc(N)c2ccccc12. The van der Waals surface area contributed by atoms with Gasteiger partial charge in [0, 0.05) is 16.5 Å². The van der Waals surface area contributed by atoms with Gasteiger partial charge in [0.25, 0.3) is 5.88 Å². The summed E-state index contributed by atoms with van der Waals surface area (Å²) < 4.78 is 5.72. The van der Waals surface area contributed by atoms with E-state index in [-0.39, 0.29) is 5.88 Å². The first-order chi connectivity index (χ1) is 9.79. The number of aromatic nitrogens is 2. The van der Waals surface area contributed by atoms with Crippen LogP contribution in [-0.4, -0.2) is 10.2 Å². The number of ether oxygens (including phenoxy) is 1. The number of rotatable bonds is 2. The average molecular weight is 262 g/mol. The minimum Gasteiger partial charge on any atom is -0.436 e. The van der Waals surface area contributed by atoms with E-state index in [0.717, 1.165) is 10.8 Å². The lowest BCUT2D eigenvalue weighted by Gasteiger charge is -2.10. The molecule has 5 nitrogen and oxygen atoms in total. The first-order valence-corrected chi connectivity index (χ1v) is 5.96. The summed E-state index contributed by atoms with van der Waals surface area (Å²) in [5.74, 6) is 0.775. The van der Waals surface area contributed by atoms with Crippen molar-refractivity contribution in [1.82, 2.24) is 10.2 Å². The van der Waals surface area contributed by atoms with Gasteiger partial charge in [0.05, 0.1) is 6.20 Å². The van der Waals surface area contributed by atoms with E-state index in [2.05, 4.69) is 10.2 Å². The number of nitrogens with zero attached hydrogens (tertiary/aromatic N) is 3. The molecule has 3 aromatic rings. The van der Waals surface area contributed by atoms with Crippen LogP contribution in [-0.2, 0) is 0 Å². The molecule has 2 N–H and O–H groups in total. The molecule has 0 spiro atoms. The molecule has 0 fully saturated rings. The van der Waals surface area contributed by atoms with Crippen molar-refractivity contribution in [2.45, 2.75) is 0 Å². The zero-order chi connectivity index (χ0) is 13.9. The van der Waals surface area contributed by atoms with Gasteiger partial charge in [-0.3, -0.25) is 0 Å². The average Bonchev–Trinajstić information content (AvgIpc) is 2.51. The summed E-state index contributed by atoms with van der Waals surface area (Å²) in [4.78, 5) is 0. The maximum atomic E-state index is 9.04. The Morgan fingerprint density at radius 3 is 2.65 bits per heavy atom. The second-order valence-electron chi connectivity index (χ2n) is 4.16. The molecule has 0 amide bonds. The monoisotopic (exact) mass is 262 g/mol. The Bertz CT molecular complexity index is 823. The van der Waals surface area contributed by atoms with Crippen LogP contribution in [0.1, 0.15) is 5.56 Å². The summed E-state index contributed by atoms with van der Waals surface area (Å²) in [6, 6.07) is 14.7. The van der Waals surface area contributed by atoms with E-state index in [9.17, 15) is 0 Å². The fraction of sp³-hybridized carbons (Fsp3) is 0. The van der Waals surface area contributed by atoms with Crippen molar-refractivity contribution in [3.05, 3.63) is 54.2 Å². The summed E-state index contributed by atoms with van der Waals surface area (Å²) in [6.45, 7) is 0. The standard InChI is InChI=1S/C15H10N4O/c16-9-10-7-8-18-19-15(10)20-14-6-5-13(17)11-3-1-2-4-12(11)14/h1-8H,17H2. The summed E-state index contributed by atoms with van der Waals surface area (Å²) in [6.07, 6.45) is 1.45. The van der Waals surface area contributed by atoms with Crippen LogP contribution in [0.25, 0.3) is 10.8 Å². The lowest BCUT2D eigenvalue weighted by atomic mass is 10.1. The number of nitriles is 1. The van der Waals surface area contributed by atoms with Gasteiger partial charge in [0.2, 0.25) is 0 Å². The molecule has 2 aromatic carbocycles. The first kappa shape index (κ1) is 11.9. The normalized spacial score (nSPS) is 10.2. The van der Waals surface area contributed by atoms with Gasteiger partial charge in [0.15, 0.2) is 0 Å². The number of nitrogen functional groups attached to an aromatic ring is 1. The van der Waals surface area contributed by atoms with Crippen LogP contribution >= 0.6 is 0 Å². The molecule has 96 valence electrons. The molecule has 0 saturated heterocycles. The Balaban J connectivity index is 2.12. The highest BCUT2D eigenvalue weighted by Crippen LogP contribution is 2.33. The fourth-order valence-corrected chi connectivity index (χ4v) is 1.97. The van der Waals surface area contributed by atoms with Crippen molar-refractivity contribution in [2.75, 3.05) is 5.73 Å². The number of nitrogens with two attached hydrogens (primary N) is 1. The minimum absolute atomic E-state index is 0.185. The van der Waals surface area contributed by atoms with E-state index in [0.29, 0.717) is 17.0 Å². The van der Waals surface area contributed by atoms with Crippen LogP contribution in [0.15, 0.2) is 48.7 Å². The molecule has 0 aliphatic heterocycles. The molecule has 3 rings (SSSR count). The zero-order valence-corrected chi connectivity index (χ0v) is 10.4. The van der Waals surface area contributed by atoms with E-state index in [1.54, 1.807) is 18.2 Å². The van der Waals surface area contributed by atoms with E-state index >= 15 is 0 Å². The summed E-state index contributed by atoms with van der Waals surface area (Å²) in [5, 5.41) is 18.4. The van der Waals surface area contributed by atoms with Crippen LogP contribution < -0.4 is 10.5 Å². The van der Waals surface area contributed by atoms with Gasteiger partial charge in [-0.15, -0.1) is 5.10 Å². The topological polar surface area (TPSA) is 84.8 Å². The molecular weight excluding hydrogens is 252 g/mol. The smallest absolute Gasteiger partial charge is 0.256 e. The number of anilines is 1. The lowest BCUT2D eigenvalue weighted by molar-refractivity contribution is 0.458. The van der Waals surface area contributed by atoms with Gasteiger partial charge in [-0.2, -0.15) is 10.4 Å². The summed E-state index contributed by atoms with van der Waals surface area (Å²) >= 11 is 0. The minimum atomic E-state index is 0.185. The third kappa shape index (κ3) is 1.99. The van der Waals surface area contributed by atoms with Crippen molar-refractivity contribution >= 4 is 16.5 Å². The second kappa shape index (κ2) is 4.86. The molecule has 0 radical (unpaired) electrons. The van der Waals surface area contributed by atoms with Gasteiger partial charge in [-0.25, -0.2) is 0 Å². The van der Waals surface area contributed by atoms with Crippen LogP contribution in [0.2, 0.25) is 0 Å². The number of fused-ring (bicyclic) bond motifs is 1. The molecule has 1 heterocycles. The zero-order valence-electron chi connectivity index (χ0n) is 10.4. The van der Waals surface area contributed by atoms with Crippen molar-refractivity contribution < 1.29 is 4.74 Å². The lowest BCUT2D eigenvalue weighted by Crippen LogP contribution is -1.95. The van der Waals surface area contributed by atoms with E-state index in [1.165, 1.54) is 6.20 Å². The van der Waals surface area contributed by atoms with E-state index in [4.69, 9.17) is 15.7 Å². The highest BCUT2D eigenvalue weighted by atomic mass is 16.5. The highest BCUT2D eigenvalue weighted by molar-refractivity contribution is 5.97. The summed E-state index contributed by atoms with van der Waals surface area (Å²) in [7, 11) is 0. The molecule has 0 bridgehead atoms. The largest absolute Gasteiger partial charge is 0.436 e. The maximum Gasteiger partial charge on any atom is 0.256 e. The van der Waals surface area contributed by atoms with Crippen LogP contribution in [0.3, 0.4) is 0 Å². The van der Waals surface area contributed by atoms with Gasteiger partial charge < -0.3 is 10.5 Å². The van der Waals surface area contributed by atoms with Gasteiger partial charge >= 0.3 is 0 Å². The molecule has 5 heteroatoms. The molecule has 0 unspecified atom stereocenters. The molecule has 0 aliphatic rings. The highest BCUT2D eigenvalue weighted by Gasteiger charge is 2.10. The number of benzene rings is 2. The van der Waals surface area contributed by atoms with Crippen molar-refractivity contribution in [3.8, 4) is 17.7 Å². The molecular formula is C15H10N4O. The predicted molar refractivity (Wildman–Crippen MR) is 75.2 cm³/mol. The number of hydrogen-bond acceptors (Lipinski definition) is 5. The van der Waals surface area contributed by atoms with Crippen LogP contribution in [0.4, 0.5) is 5.69 Å². The van der Waals surface area contributed by atoms with E-state index < -0.39 is 0 Å². The molecule has 0 atom stereocenters. The third-order valence-electron chi connectivity index (χ3n) is 2.93. The third-order valence-corrected chi connectivity index (χ3v) is 2.93. The second-order valence-corrected chi connectivity index (χ2v) is 4.16. The fourth-order valence-electron chi connectivity index (χ4n) is 1.97. The Morgan fingerprint density at radius 2 is 1.85 bits per heavy atom. The van der Waals surface area contributed by atoms with Crippen molar-refractivity contribution in [1.29, 1.82) is 5.26 Å². The molecule has 0 aliphatic carbocycles. The first-order valence-electron chi connectivity index (χ1n) is 5.96. The summed E-state index contributed by atoms with van der Waals surface area (Å²) in [5.41, 5.74) is 6.95. The Kier molecular flexibility index (Phi) is 2.90. The Hall–Kier alpha value is -3.13. The van der Waals surface area contributed by atoms with Gasteiger partial charge in [-0.1, -0.05) is 24.3 Å². The van der Waals surface area contributed by atoms with Gasteiger partial charge in [-0.05, 0) is 18.2 Å². The maximum absolute atomic E-state index is 9.04. The van der Waals surface area contributed by atoms with Gasteiger partial charge in [0.1, 0.15) is 17.4 Å². The van der Waals surface area contributed by atoms with Crippen molar-refractivity contribution in [3.63, 3.8) is 0 Å². The number of hydrogen-bond donors (Lipinski definition) is 1. The molecule has 0 saturated carbocycles. The van der Waals surface area contributed by atoms with E-state index in [1.807, 2.05) is 30.3 Å². The van der Waals surface area contributed by atoms with Crippen LogP contribution in [0, 0.1) is 11.3 Å². The Labute approximate surface area is 115 Å². The van der Waals surface area contributed by atoms with Crippen LogP contribution in [0.5, 0.6) is 11.6 Å². The predicted octanol–water partition coefficient (Wildman–Crippen LogP) is 2.88. The molecule has 20 heavy (non-hydrogen) atoms. The van der Waals surface area contributed by atoms with Crippen molar-refractivity contribution in [2.24, 2.45) is 0 Å². The quantitative estimate of drug-likeness (QED) is 0.718. The Morgan fingerprint density at radius 1 is 1.05 bits per heavy atom.